The van der Waals surface area contributed by atoms with Crippen LogP contribution in [0, 0.1) is 0 Å². The fourth-order valence-electron chi connectivity index (χ4n) is 5.06. The molecule has 5 rings (SSSR count). The molecule has 3 heterocycles. The van der Waals surface area contributed by atoms with Gasteiger partial charge in [0.1, 0.15) is 35.9 Å². The molecule has 194 valence electrons. The van der Waals surface area contributed by atoms with Crippen molar-refractivity contribution in [3.05, 3.63) is 41.0 Å². The van der Waals surface area contributed by atoms with Crippen LogP contribution >= 0.6 is 0 Å². The van der Waals surface area contributed by atoms with Crippen LogP contribution in [-0.4, -0.2) is 77.9 Å². The molecule has 0 amide bonds. The molecule has 36 heavy (non-hydrogen) atoms. The van der Waals surface area contributed by atoms with E-state index in [4.69, 9.17) is 28.4 Å². The zero-order chi connectivity index (χ0) is 25.7. The van der Waals surface area contributed by atoms with Crippen LogP contribution in [0.25, 0.3) is 0 Å². The number of aliphatic hydroxyl groups is 3. The lowest BCUT2D eigenvalue weighted by Crippen LogP contribution is -2.61. The third-order valence-corrected chi connectivity index (χ3v) is 6.89. The highest BCUT2D eigenvalue weighted by molar-refractivity contribution is 5.73. The Morgan fingerprint density at radius 1 is 1.08 bits per heavy atom. The van der Waals surface area contributed by atoms with E-state index in [-0.39, 0.29) is 17.8 Å². The van der Waals surface area contributed by atoms with E-state index in [9.17, 15) is 25.2 Å². The molecule has 0 saturated carbocycles. The molecule has 11 heteroatoms. The van der Waals surface area contributed by atoms with Crippen LogP contribution in [0.1, 0.15) is 35.6 Å². The summed E-state index contributed by atoms with van der Waals surface area (Å²) in [6, 6.07) is 7.12. The number of methoxy groups -OCH3 is 2. The molecule has 7 atom stereocenters. The molecular weight excluding hydrogens is 476 g/mol. The van der Waals surface area contributed by atoms with Crippen molar-refractivity contribution in [2.24, 2.45) is 0 Å². The average molecular weight is 504 g/mol. The van der Waals surface area contributed by atoms with E-state index in [1.165, 1.54) is 0 Å². The molecule has 0 aromatic heterocycles. The average Bonchev–Trinajstić information content (AvgIpc) is 3.26. The Bertz CT molecular complexity index is 1150. The van der Waals surface area contributed by atoms with E-state index < -0.39 is 36.7 Å². The van der Waals surface area contributed by atoms with Gasteiger partial charge in [-0.15, -0.1) is 0 Å². The predicted molar refractivity (Wildman–Crippen MR) is 122 cm³/mol. The number of fused-ring (bicyclic) bond motifs is 5. The predicted octanol–water partition coefficient (Wildman–Crippen LogP) is 1.15. The molecule has 4 N–H and O–H groups in total. The van der Waals surface area contributed by atoms with Gasteiger partial charge in [0, 0.05) is 17.2 Å². The van der Waals surface area contributed by atoms with Crippen molar-refractivity contribution in [1.82, 2.24) is 0 Å². The first-order chi connectivity index (χ1) is 17.3. The van der Waals surface area contributed by atoms with Crippen molar-refractivity contribution >= 4 is 5.97 Å². The first kappa shape index (κ1) is 24.4. The Balaban J connectivity index is 1.46. The number of carbonyl (C=O) groups is 1. The molecule has 0 radical (unpaired) electrons. The number of hydrogen-bond donors (Lipinski definition) is 4. The smallest absolute Gasteiger partial charge is 0.335 e. The minimum Gasteiger partial charge on any atom is -0.493 e. The van der Waals surface area contributed by atoms with E-state index in [2.05, 4.69) is 0 Å². The SMILES string of the molecule is CCc1cc(OC2OC(C(=O)O)C(O)C(O)C2O)cc2c1C1Oc3c(ccc(OC)c3OC)C1CO2. The minimum absolute atomic E-state index is 0.0687. The second kappa shape index (κ2) is 9.32. The zero-order valence-corrected chi connectivity index (χ0v) is 19.9. The lowest BCUT2D eigenvalue weighted by atomic mass is 9.86. The molecule has 2 aromatic rings. The Morgan fingerprint density at radius 2 is 1.86 bits per heavy atom. The summed E-state index contributed by atoms with van der Waals surface area (Å²) >= 11 is 0. The summed E-state index contributed by atoms with van der Waals surface area (Å²) in [5.41, 5.74) is 2.66. The van der Waals surface area contributed by atoms with Crippen LogP contribution in [0.4, 0.5) is 0 Å². The summed E-state index contributed by atoms with van der Waals surface area (Å²) in [5.74, 6) is 0.897. The molecule has 0 spiro atoms. The van der Waals surface area contributed by atoms with Gasteiger partial charge in [0.15, 0.2) is 17.6 Å². The maximum Gasteiger partial charge on any atom is 0.335 e. The molecule has 2 aromatic carbocycles. The quantitative estimate of drug-likeness (QED) is 0.448. The number of rotatable bonds is 6. The van der Waals surface area contributed by atoms with E-state index in [1.807, 2.05) is 19.1 Å². The van der Waals surface area contributed by atoms with Gasteiger partial charge in [0.05, 0.1) is 26.7 Å². The fourth-order valence-corrected chi connectivity index (χ4v) is 5.06. The minimum atomic E-state index is -1.80. The Morgan fingerprint density at radius 3 is 2.53 bits per heavy atom. The number of aliphatic carboxylic acids is 1. The number of hydrogen-bond acceptors (Lipinski definition) is 10. The molecule has 1 fully saturated rings. The van der Waals surface area contributed by atoms with Crippen LogP contribution in [-0.2, 0) is 16.0 Å². The summed E-state index contributed by atoms with van der Waals surface area (Å²) < 4.78 is 34.5. The van der Waals surface area contributed by atoms with Crippen LogP contribution in [0.3, 0.4) is 0 Å². The number of carboxylic acids is 1. The molecule has 7 unspecified atom stereocenters. The van der Waals surface area contributed by atoms with Gasteiger partial charge in [-0.1, -0.05) is 13.0 Å². The molecule has 11 nitrogen and oxygen atoms in total. The number of carboxylic acid groups (broad SMARTS) is 1. The molecule has 3 aliphatic heterocycles. The summed E-state index contributed by atoms with van der Waals surface area (Å²) in [5, 5.41) is 39.6. The van der Waals surface area contributed by atoms with Crippen molar-refractivity contribution in [3.8, 4) is 28.7 Å². The maximum atomic E-state index is 11.4. The van der Waals surface area contributed by atoms with Crippen LogP contribution in [0.5, 0.6) is 28.7 Å². The monoisotopic (exact) mass is 504 g/mol. The van der Waals surface area contributed by atoms with Crippen LogP contribution in [0.15, 0.2) is 24.3 Å². The zero-order valence-electron chi connectivity index (χ0n) is 19.9. The lowest BCUT2D eigenvalue weighted by molar-refractivity contribution is -0.271. The highest BCUT2D eigenvalue weighted by Gasteiger charge is 2.49. The van der Waals surface area contributed by atoms with Crippen LogP contribution < -0.4 is 23.7 Å². The van der Waals surface area contributed by atoms with Crippen molar-refractivity contribution < 1.29 is 53.6 Å². The Labute approximate surface area is 206 Å². The van der Waals surface area contributed by atoms with Crippen LogP contribution in [0.2, 0.25) is 0 Å². The van der Waals surface area contributed by atoms with Gasteiger partial charge in [0.25, 0.3) is 0 Å². The van der Waals surface area contributed by atoms with Gasteiger partial charge in [-0.25, -0.2) is 4.79 Å². The number of aliphatic hydroxyl groups excluding tert-OH is 3. The normalized spacial score (nSPS) is 30.2. The first-order valence-corrected chi connectivity index (χ1v) is 11.6. The van der Waals surface area contributed by atoms with Gasteiger partial charge < -0.3 is 48.8 Å². The van der Waals surface area contributed by atoms with Crippen molar-refractivity contribution in [2.75, 3.05) is 20.8 Å². The van der Waals surface area contributed by atoms with Crippen molar-refractivity contribution in [2.45, 2.75) is 56.1 Å². The van der Waals surface area contributed by atoms with Gasteiger partial charge in [-0.3, -0.25) is 0 Å². The van der Waals surface area contributed by atoms with E-state index in [0.717, 1.165) is 16.7 Å². The number of benzene rings is 2. The van der Waals surface area contributed by atoms with E-state index in [1.54, 1.807) is 26.4 Å². The third kappa shape index (κ3) is 3.79. The standard InChI is InChI=1S/C25H28O11/c1-4-10-7-11(34-25-19(28)17(26)18(27)23(36-25)24(29)30)8-15-16(10)20-13(9-33-15)12-5-6-14(31-2)22(32-3)21(12)35-20/h5-8,13,17-20,23,25-28H,4,9H2,1-3H3,(H,29,30). The highest BCUT2D eigenvalue weighted by Crippen LogP contribution is 2.57. The Hall–Kier alpha value is -3.25. The molecule has 3 aliphatic rings. The summed E-state index contributed by atoms with van der Waals surface area (Å²) in [6.45, 7) is 2.29. The fraction of sp³-hybridized carbons (Fsp3) is 0.480. The maximum absolute atomic E-state index is 11.4. The van der Waals surface area contributed by atoms with Crippen molar-refractivity contribution in [3.63, 3.8) is 0 Å². The largest absolute Gasteiger partial charge is 0.493 e. The van der Waals surface area contributed by atoms with E-state index >= 15 is 0 Å². The summed E-state index contributed by atoms with van der Waals surface area (Å²) in [4.78, 5) is 11.4. The van der Waals surface area contributed by atoms with Gasteiger partial charge in [-0.05, 0) is 24.1 Å². The summed E-state index contributed by atoms with van der Waals surface area (Å²) in [7, 11) is 3.12. The molecule has 1 saturated heterocycles. The van der Waals surface area contributed by atoms with E-state index in [0.29, 0.717) is 36.0 Å². The lowest BCUT2D eigenvalue weighted by Gasteiger charge is -2.38. The first-order valence-electron chi connectivity index (χ1n) is 11.6. The summed E-state index contributed by atoms with van der Waals surface area (Å²) in [6.07, 6.45) is -8.25. The molecule has 0 bridgehead atoms. The topological polar surface area (TPSA) is 153 Å². The second-order valence-corrected chi connectivity index (χ2v) is 8.88. The number of ether oxygens (including phenoxy) is 6. The molecule has 0 aliphatic carbocycles. The van der Waals surface area contributed by atoms with Crippen molar-refractivity contribution in [1.29, 1.82) is 0 Å². The van der Waals surface area contributed by atoms with Gasteiger partial charge in [0.2, 0.25) is 12.0 Å². The van der Waals surface area contributed by atoms with Gasteiger partial charge >= 0.3 is 5.97 Å². The second-order valence-electron chi connectivity index (χ2n) is 8.88. The number of aryl methyl sites for hydroxylation is 1. The molecular formula is C25H28O11. The Kier molecular flexibility index (Phi) is 6.33. The third-order valence-electron chi connectivity index (χ3n) is 6.89. The van der Waals surface area contributed by atoms with Gasteiger partial charge in [-0.2, -0.15) is 0 Å². The highest BCUT2D eigenvalue weighted by atomic mass is 16.7.